The van der Waals surface area contributed by atoms with Crippen LogP contribution in [-0.2, 0) is 4.79 Å². The first-order valence-electron chi connectivity index (χ1n) is 3.86. The van der Waals surface area contributed by atoms with Crippen LogP contribution >= 0.6 is 15.9 Å². The topological polar surface area (TPSA) is 40.5 Å². The van der Waals surface area contributed by atoms with Crippen molar-refractivity contribution in [3.63, 3.8) is 0 Å². The standard InChI is InChI=1S/C9H8BrNO2/c1-11-7-4-5(10)2-3-6(7)8(12)9(11)13/h2-4,8,12H,1H3/t8-/m0/s1. The van der Waals surface area contributed by atoms with Crippen molar-refractivity contribution in [2.24, 2.45) is 0 Å². The summed E-state index contributed by atoms with van der Waals surface area (Å²) in [6.45, 7) is 0. The van der Waals surface area contributed by atoms with Crippen molar-refractivity contribution in [1.29, 1.82) is 0 Å². The van der Waals surface area contributed by atoms with Gasteiger partial charge >= 0.3 is 0 Å². The molecule has 1 atom stereocenters. The Labute approximate surface area is 84.1 Å². The van der Waals surface area contributed by atoms with Crippen molar-refractivity contribution in [2.45, 2.75) is 6.10 Å². The molecule has 1 N–H and O–H groups in total. The molecule has 0 aromatic heterocycles. The number of amides is 1. The number of aliphatic hydroxyl groups excluding tert-OH is 1. The molecule has 0 aliphatic carbocycles. The number of aliphatic hydroxyl groups is 1. The fraction of sp³-hybridized carbons (Fsp3) is 0.222. The molecule has 2 rings (SSSR count). The average Bonchev–Trinajstić information content (AvgIpc) is 2.32. The summed E-state index contributed by atoms with van der Waals surface area (Å²) in [5.41, 5.74) is 1.45. The first kappa shape index (κ1) is 8.72. The van der Waals surface area contributed by atoms with Crippen LogP contribution in [0.3, 0.4) is 0 Å². The Hall–Kier alpha value is -0.870. The van der Waals surface area contributed by atoms with Crippen LogP contribution in [0.2, 0.25) is 0 Å². The molecule has 0 saturated carbocycles. The number of carbonyl (C=O) groups excluding carboxylic acids is 1. The summed E-state index contributed by atoms with van der Waals surface area (Å²) < 4.78 is 0.903. The summed E-state index contributed by atoms with van der Waals surface area (Å²) in [5.74, 6) is -0.270. The molecule has 1 aliphatic heterocycles. The molecule has 1 aromatic carbocycles. The van der Waals surface area contributed by atoms with Gasteiger partial charge in [-0.1, -0.05) is 22.0 Å². The van der Waals surface area contributed by atoms with Crippen LogP contribution < -0.4 is 4.90 Å². The van der Waals surface area contributed by atoms with Crippen molar-refractivity contribution in [2.75, 3.05) is 11.9 Å². The lowest BCUT2D eigenvalue weighted by Crippen LogP contribution is -2.23. The van der Waals surface area contributed by atoms with E-state index in [1.54, 1.807) is 13.1 Å². The summed E-state index contributed by atoms with van der Waals surface area (Å²) in [5, 5.41) is 9.50. The van der Waals surface area contributed by atoms with Gasteiger partial charge in [0.05, 0.1) is 5.69 Å². The predicted octanol–water partition coefficient (Wildman–Crippen LogP) is 1.46. The molecular formula is C9H8BrNO2. The zero-order valence-corrected chi connectivity index (χ0v) is 8.58. The number of nitrogens with zero attached hydrogens (tertiary/aromatic N) is 1. The van der Waals surface area contributed by atoms with E-state index in [2.05, 4.69) is 15.9 Å². The van der Waals surface area contributed by atoms with E-state index < -0.39 is 6.10 Å². The van der Waals surface area contributed by atoms with E-state index in [9.17, 15) is 9.90 Å². The molecule has 0 fully saturated rings. The predicted molar refractivity (Wildman–Crippen MR) is 52.5 cm³/mol. The monoisotopic (exact) mass is 241 g/mol. The van der Waals surface area contributed by atoms with Crippen molar-refractivity contribution in [3.8, 4) is 0 Å². The summed E-state index contributed by atoms with van der Waals surface area (Å²) in [7, 11) is 1.66. The van der Waals surface area contributed by atoms with Gasteiger partial charge in [0.25, 0.3) is 5.91 Å². The lowest BCUT2D eigenvalue weighted by atomic mass is 10.1. The Bertz CT molecular complexity index is 378. The Kier molecular flexibility index (Phi) is 1.89. The van der Waals surface area contributed by atoms with Gasteiger partial charge in [0, 0.05) is 17.1 Å². The SMILES string of the molecule is CN1C(=O)[C@@H](O)c2ccc(Br)cc21. The van der Waals surface area contributed by atoms with Crippen LogP contribution in [0.25, 0.3) is 0 Å². The second kappa shape index (κ2) is 2.82. The number of fused-ring (bicyclic) bond motifs is 1. The highest BCUT2D eigenvalue weighted by Crippen LogP contribution is 2.36. The van der Waals surface area contributed by atoms with Crippen LogP contribution in [0.4, 0.5) is 5.69 Å². The van der Waals surface area contributed by atoms with Crippen LogP contribution in [0.1, 0.15) is 11.7 Å². The molecule has 13 heavy (non-hydrogen) atoms. The van der Waals surface area contributed by atoms with E-state index in [1.807, 2.05) is 12.1 Å². The number of hydrogen-bond acceptors (Lipinski definition) is 2. The van der Waals surface area contributed by atoms with E-state index in [-0.39, 0.29) is 5.91 Å². The largest absolute Gasteiger partial charge is 0.378 e. The Morgan fingerprint density at radius 3 is 2.92 bits per heavy atom. The zero-order chi connectivity index (χ0) is 9.59. The summed E-state index contributed by atoms with van der Waals surface area (Å²) in [6.07, 6.45) is -0.992. The number of rotatable bonds is 0. The molecule has 68 valence electrons. The molecule has 4 heteroatoms. The highest BCUT2D eigenvalue weighted by atomic mass is 79.9. The van der Waals surface area contributed by atoms with Crippen LogP contribution in [0, 0.1) is 0 Å². The Morgan fingerprint density at radius 2 is 2.23 bits per heavy atom. The Morgan fingerprint density at radius 1 is 1.54 bits per heavy atom. The molecule has 0 saturated heterocycles. The van der Waals surface area contributed by atoms with Crippen molar-refractivity contribution in [3.05, 3.63) is 28.2 Å². The fourth-order valence-electron chi connectivity index (χ4n) is 1.47. The fourth-order valence-corrected chi connectivity index (χ4v) is 1.82. The van der Waals surface area contributed by atoms with E-state index in [1.165, 1.54) is 4.90 Å². The summed E-state index contributed by atoms with van der Waals surface area (Å²) in [4.78, 5) is 12.8. The quantitative estimate of drug-likeness (QED) is 0.748. The third kappa shape index (κ3) is 1.17. The van der Waals surface area contributed by atoms with Gasteiger partial charge in [-0.15, -0.1) is 0 Å². The van der Waals surface area contributed by atoms with Crippen molar-refractivity contribution < 1.29 is 9.90 Å². The lowest BCUT2D eigenvalue weighted by Gasteiger charge is -2.09. The van der Waals surface area contributed by atoms with Crippen molar-refractivity contribution >= 4 is 27.5 Å². The molecule has 0 unspecified atom stereocenters. The maximum atomic E-state index is 11.3. The van der Waals surface area contributed by atoms with Gasteiger partial charge in [-0.25, -0.2) is 0 Å². The van der Waals surface area contributed by atoms with E-state index >= 15 is 0 Å². The number of likely N-dealkylation sites (N-methyl/N-ethyl adjacent to an activating group) is 1. The van der Waals surface area contributed by atoms with Gasteiger partial charge in [0.2, 0.25) is 0 Å². The number of carbonyl (C=O) groups is 1. The minimum atomic E-state index is -0.992. The number of anilines is 1. The van der Waals surface area contributed by atoms with E-state index in [4.69, 9.17) is 0 Å². The first-order chi connectivity index (χ1) is 6.11. The molecule has 3 nitrogen and oxygen atoms in total. The van der Waals surface area contributed by atoms with Gasteiger partial charge < -0.3 is 10.0 Å². The molecule has 0 spiro atoms. The molecule has 0 bridgehead atoms. The second-order valence-corrected chi connectivity index (χ2v) is 3.92. The van der Waals surface area contributed by atoms with Gasteiger partial charge in [-0.3, -0.25) is 4.79 Å². The smallest absolute Gasteiger partial charge is 0.260 e. The van der Waals surface area contributed by atoms with Crippen LogP contribution in [-0.4, -0.2) is 18.1 Å². The van der Waals surface area contributed by atoms with E-state index in [0.717, 1.165) is 10.2 Å². The van der Waals surface area contributed by atoms with Gasteiger partial charge in [-0.2, -0.15) is 0 Å². The van der Waals surface area contributed by atoms with Crippen LogP contribution in [0.15, 0.2) is 22.7 Å². The lowest BCUT2D eigenvalue weighted by molar-refractivity contribution is -0.125. The molecule has 1 aliphatic rings. The third-order valence-electron chi connectivity index (χ3n) is 2.21. The summed E-state index contributed by atoms with van der Waals surface area (Å²) in [6, 6.07) is 5.39. The molecule has 1 aromatic rings. The minimum absolute atomic E-state index is 0.270. The average molecular weight is 242 g/mol. The van der Waals surface area contributed by atoms with Gasteiger partial charge in [-0.05, 0) is 12.1 Å². The van der Waals surface area contributed by atoms with Gasteiger partial charge in [0.15, 0.2) is 6.10 Å². The highest BCUT2D eigenvalue weighted by molar-refractivity contribution is 9.10. The normalized spacial score (nSPS) is 20.7. The molecular weight excluding hydrogens is 234 g/mol. The molecule has 0 radical (unpaired) electrons. The maximum absolute atomic E-state index is 11.3. The summed E-state index contributed by atoms with van der Waals surface area (Å²) >= 11 is 3.31. The number of benzene rings is 1. The zero-order valence-electron chi connectivity index (χ0n) is 6.99. The minimum Gasteiger partial charge on any atom is -0.378 e. The second-order valence-electron chi connectivity index (χ2n) is 3.00. The third-order valence-corrected chi connectivity index (χ3v) is 2.71. The van der Waals surface area contributed by atoms with Crippen LogP contribution in [0.5, 0.6) is 0 Å². The molecule has 1 amide bonds. The first-order valence-corrected chi connectivity index (χ1v) is 4.65. The Balaban J connectivity index is 2.60. The highest BCUT2D eigenvalue weighted by Gasteiger charge is 2.33. The molecule has 1 heterocycles. The maximum Gasteiger partial charge on any atom is 0.260 e. The van der Waals surface area contributed by atoms with E-state index in [0.29, 0.717) is 5.56 Å². The number of hydrogen-bond donors (Lipinski definition) is 1. The van der Waals surface area contributed by atoms with Crippen molar-refractivity contribution in [1.82, 2.24) is 0 Å². The van der Waals surface area contributed by atoms with Gasteiger partial charge in [0.1, 0.15) is 0 Å². The number of halogens is 1.